The molecule has 1 aliphatic heterocycles. The largest absolute Gasteiger partial charge is 0.349 e. The second-order valence-corrected chi connectivity index (χ2v) is 8.70. The molecule has 0 spiro atoms. The van der Waals surface area contributed by atoms with Gasteiger partial charge < -0.3 is 10.2 Å². The summed E-state index contributed by atoms with van der Waals surface area (Å²) in [5.74, 6) is -0.258. The summed E-state index contributed by atoms with van der Waals surface area (Å²) >= 11 is 0. The van der Waals surface area contributed by atoms with E-state index in [0.29, 0.717) is 5.56 Å². The molecule has 2 aromatic rings. The third-order valence-corrected chi connectivity index (χ3v) is 6.18. The number of aryl methyl sites for hydroxylation is 1. The first-order chi connectivity index (χ1) is 12.8. The van der Waals surface area contributed by atoms with Crippen molar-refractivity contribution < 1.29 is 13.2 Å². The van der Waals surface area contributed by atoms with Crippen LogP contribution < -0.4 is 10.0 Å². The molecule has 144 valence electrons. The van der Waals surface area contributed by atoms with E-state index in [1.54, 1.807) is 48.5 Å². The third kappa shape index (κ3) is 4.87. The van der Waals surface area contributed by atoms with E-state index in [1.165, 1.54) is 0 Å². The molecule has 1 heterocycles. The van der Waals surface area contributed by atoms with Crippen molar-refractivity contribution in [2.45, 2.75) is 30.7 Å². The maximum absolute atomic E-state index is 12.7. The fourth-order valence-electron chi connectivity index (χ4n) is 3.11. The molecule has 3 rings (SSSR count). The Labute approximate surface area is 160 Å². The average molecular weight is 388 g/mol. The van der Waals surface area contributed by atoms with E-state index >= 15 is 0 Å². The van der Waals surface area contributed by atoms with Gasteiger partial charge in [-0.3, -0.25) is 9.52 Å². The number of hydrogen-bond acceptors (Lipinski definition) is 4. The number of para-hydroxylation sites is 1. The van der Waals surface area contributed by atoms with Crippen molar-refractivity contribution in [1.82, 2.24) is 10.2 Å². The SMILES string of the molecule is Cc1ccc(S(=O)(=O)Nc2ccccc2C(=O)NC2CCN(C)CC2)cc1. The summed E-state index contributed by atoms with van der Waals surface area (Å²) in [5.41, 5.74) is 1.59. The number of nitrogens with zero attached hydrogens (tertiary/aromatic N) is 1. The van der Waals surface area contributed by atoms with Crippen LogP contribution in [0.5, 0.6) is 0 Å². The molecule has 1 aliphatic rings. The predicted molar refractivity (Wildman–Crippen MR) is 106 cm³/mol. The fourth-order valence-corrected chi connectivity index (χ4v) is 4.19. The van der Waals surface area contributed by atoms with E-state index < -0.39 is 10.0 Å². The maximum Gasteiger partial charge on any atom is 0.261 e. The van der Waals surface area contributed by atoms with Crippen LogP contribution >= 0.6 is 0 Å². The van der Waals surface area contributed by atoms with Crippen molar-refractivity contribution in [3.63, 3.8) is 0 Å². The molecule has 6 nitrogen and oxygen atoms in total. The number of benzene rings is 2. The third-order valence-electron chi connectivity index (χ3n) is 4.80. The van der Waals surface area contributed by atoms with Gasteiger partial charge in [-0.05, 0) is 64.2 Å². The second-order valence-electron chi connectivity index (χ2n) is 7.02. The summed E-state index contributed by atoms with van der Waals surface area (Å²) in [6, 6.07) is 13.4. The van der Waals surface area contributed by atoms with Crippen LogP contribution in [0, 0.1) is 6.92 Å². The normalized spacial score (nSPS) is 16.1. The van der Waals surface area contributed by atoms with Crippen LogP contribution in [0.15, 0.2) is 53.4 Å². The van der Waals surface area contributed by atoms with Crippen molar-refractivity contribution in [3.05, 3.63) is 59.7 Å². The monoisotopic (exact) mass is 387 g/mol. The molecule has 1 fully saturated rings. The van der Waals surface area contributed by atoms with Gasteiger partial charge >= 0.3 is 0 Å². The van der Waals surface area contributed by atoms with Gasteiger partial charge in [0.15, 0.2) is 0 Å². The van der Waals surface area contributed by atoms with E-state index in [2.05, 4.69) is 22.0 Å². The molecular formula is C20H25N3O3S. The van der Waals surface area contributed by atoms with E-state index in [0.717, 1.165) is 31.5 Å². The van der Waals surface area contributed by atoms with Crippen LogP contribution in [0.2, 0.25) is 0 Å². The molecule has 0 unspecified atom stereocenters. The zero-order valence-electron chi connectivity index (χ0n) is 15.6. The van der Waals surface area contributed by atoms with Crippen molar-refractivity contribution >= 4 is 21.6 Å². The minimum absolute atomic E-state index is 0.107. The van der Waals surface area contributed by atoms with Gasteiger partial charge in [0.05, 0.1) is 16.1 Å². The highest BCUT2D eigenvalue weighted by molar-refractivity contribution is 7.92. The highest BCUT2D eigenvalue weighted by Crippen LogP contribution is 2.21. The first kappa shape index (κ1) is 19.4. The van der Waals surface area contributed by atoms with Crippen LogP contribution in [0.25, 0.3) is 0 Å². The Morgan fingerprint density at radius 3 is 2.33 bits per heavy atom. The Morgan fingerprint density at radius 1 is 1.04 bits per heavy atom. The number of sulfonamides is 1. The van der Waals surface area contributed by atoms with Crippen LogP contribution in [0.3, 0.4) is 0 Å². The maximum atomic E-state index is 12.7. The van der Waals surface area contributed by atoms with Crippen LogP contribution in [-0.4, -0.2) is 45.4 Å². The van der Waals surface area contributed by atoms with Crippen LogP contribution in [0.1, 0.15) is 28.8 Å². The molecular weight excluding hydrogens is 362 g/mol. The topological polar surface area (TPSA) is 78.5 Å². The van der Waals surface area contributed by atoms with Gasteiger partial charge in [-0.15, -0.1) is 0 Å². The lowest BCUT2D eigenvalue weighted by Crippen LogP contribution is -2.43. The second kappa shape index (κ2) is 8.10. The molecule has 2 N–H and O–H groups in total. The van der Waals surface area contributed by atoms with E-state index in [9.17, 15) is 13.2 Å². The lowest BCUT2D eigenvalue weighted by molar-refractivity contribution is 0.0918. The predicted octanol–water partition coefficient (Wildman–Crippen LogP) is 2.62. The molecule has 0 aliphatic carbocycles. The molecule has 0 atom stereocenters. The summed E-state index contributed by atoms with van der Waals surface area (Å²) < 4.78 is 27.9. The number of carbonyl (C=O) groups excluding carboxylic acids is 1. The quantitative estimate of drug-likeness (QED) is 0.827. The van der Waals surface area contributed by atoms with Gasteiger partial charge in [0.25, 0.3) is 15.9 Å². The number of anilines is 1. The molecule has 0 bridgehead atoms. The number of amides is 1. The Morgan fingerprint density at radius 2 is 1.67 bits per heavy atom. The minimum Gasteiger partial charge on any atom is -0.349 e. The standard InChI is InChI=1S/C20H25N3O3S/c1-15-7-9-17(10-8-15)27(25,26)22-19-6-4-3-5-18(19)20(24)21-16-11-13-23(2)14-12-16/h3-10,16,22H,11-14H2,1-2H3,(H,21,24). The highest BCUT2D eigenvalue weighted by atomic mass is 32.2. The smallest absolute Gasteiger partial charge is 0.261 e. The zero-order chi connectivity index (χ0) is 19.4. The molecule has 0 aromatic heterocycles. The molecule has 7 heteroatoms. The Bertz CT molecular complexity index is 902. The van der Waals surface area contributed by atoms with Crippen molar-refractivity contribution in [2.75, 3.05) is 24.9 Å². The van der Waals surface area contributed by atoms with Crippen LogP contribution in [-0.2, 0) is 10.0 Å². The number of carbonyl (C=O) groups is 1. The van der Waals surface area contributed by atoms with Gasteiger partial charge in [0.2, 0.25) is 0 Å². The average Bonchev–Trinajstić information content (AvgIpc) is 2.64. The molecule has 0 radical (unpaired) electrons. The number of piperidine rings is 1. The zero-order valence-corrected chi connectivity index (χ0v) is 16.4. The van der Waals surface area contributed by atoms with Gasteiger partial charge in [0.1, 0.15) is 0 Å². The summed E-state index contributed by atoms with van der Waals surface area (Å²) in [5, 5.41) is 3.03. The van der Waals surface area contributed by atoms with Crippen LogP contribution in [0.4, 0.5) is 5.69 Å². The summed E-state index contributed by atoms with van der Waals surface area (Å²) in [6.07, 6.45) is 1.78. The van der Waals surface area contributed by atoms with Gasteiger partial charge in [-0.2, -0.15) is 0 Å². The minimum atomic E-state index is -3.76. The van der Waals surface area contributed by atoms with Gasteiger partial charge in [-0.1, -0.05) is 29.8 Å². The van der Waals surface area contributed by atoms with Gasteiger partial charge in [0, 0.05) is 6.04 Å². The number of likely N-dealkylation sites (tertiary alicyclic amines) is 1. The number of hydrogen-bond donors (Lipinski definition) is 2. The Balaban J connectivity index is 1.77. The van der Waals surface area contributed by atoms with Gasteiger partial charge in [-0.25, -0.2) is 8.42 Å². The van der Waals surface area contributed by atoms with E-state index in [1.807, 2.05) is 6.92 Å². The Kier molecular flexibility index (Phi) is 5.82. The van der Waals surface area contributed by atoms with Crippen molar-refractivity contribution in [3.8, 4) is 0 Å². The summed E-state index contributed by atoms with van der Waals surface area (Å²) in [4.78, 5) is 15.1. The Hall–Kier alpha value is -2.38. The van der Waals surface area contributed by atoms with E-state index in [-0.39, 0.29) is 22.5 Å². The highest BCUT2D eigenvalue weighted by Gasteiger charge is 2.22. The summed E-state index contributed by atoms with van der Waals surface area (Å²) in [7, 11) is -1.70. The first-order valence-electron chi connectivity index (χ1n) is 9.03. The number of rotatable bonds is 5. The lowest BCUT2D eigenvalue weighted by Gasteiger charge is -2.29. The fraction of sp³-hybridized carbons (Fsp3) is 0.350. The number of nitrogens with one attached hydrogen (secondary N) is 2. The molecule has 0 saturated carbocycles. The van der Waals surface area contributed by atoms with E-state index in [4.69, 9.17) is 0 Å². The molecule has 27 heavy (non-hydrogen) atoms. The first-order valence-corrected chi connectivity index (χ1v) is 10.5. The van der Waals surface area contributed by atoms with Crippen molar-refractivity contribution in [1.29, 1.82) is 0 Å². The molecule has 1 saturated heterocycles. The lowest BCUT2D eigenvalue weighted by atomic mass is 10.0. The molecule has 2 aromatic carbocycles. The molecule has 1 amide bonds. The van der Waals surface area contributed by atoms with Crippen molar-refractivity contribution in [2.24, 2.45) is 0 Å². The summed E-state index contributed by atoms with van der Waals surface area (Å²) in [6.45, 7) is 3.77.